The summed E-state index contributed by atoms with van der Waals surface area (Å²) in [4.78, 5) is 67.8. The van der Waals surface area contributed by atoms with Gasteiger partial charge in [-0.1, -0.05) is 111 Å². The molecule has 368 valence electrons. The number of nitrogens with zero attached hydrogens (tertiary/aromatic N) is 4. The lowest BCUT2D eigenvalue weighted by Gasteiger charge is -2.41. The Labute approximate surface area is 422 Å². The average Bonchev–Trinajstić information content (AvgIpc) is 4.11. The van der Waals surface area contributed by atoms with Crippen LogP contribution in [0.1, 0.15) is 132 Å². The van der Waals surface area contributed by atoms with Gasteiger partial charge in [-0.25, -0.2) is 0 Å². The Morgan fingerprint density at radius 2 is 0.833 bits per heavy atom. The van der Waals surface area contributed by atoms with Gasteiger partial charge in [0.05, 0.1) is 47.4 Å². The molecule has 4 amide bonds. The second-order valence-corrected chi connectivity index (χ2v) is 20.5. The van der Waals surface area contributed by atoms with Crippen LogP contribution in [0.4, 0.5) is 11.4 Å². The van der Waals surface area contributed by atoms with Gasteiger partial charge in [-0.05, 0) is 110 Å². The highest BCUT2D eigenvalue weighted by molar-refractivity contribution is 5.95. The Kier molecular flexibility index (Phi) is 13.8. The number of anilines is 2. The van der Waals surface area contributed by atoms with Crippen LogP contribution in [0, 0.1) is 23.7 Å². The van der Waals surface area contributed by atoms with E-state index in [2.05, 4.69) is 89.6 Å². The van der Waals surface area contributed by atoms with Gasteiger partial charge in [0.15, 0.2) is 0 Å². The highest BCUT2D eigenvalue weighted by Crippen LogP contribution is 2.53. The van der Waals surface area contributed by atoms with Crippen LogP contribution in [0.25, 0.3) is 0 Å². The summed E-state index contributed by atoms with van der Waals surface area (Å²) in [6.07, 6.45) is 12.9. The summed E-state index contributed by atoms with van der Waals surface area (Å²) in [5.41, 5.74) is 7.83. The molecule has 0 bridgehead atoms. The molecule has 2 aliphatic carbocycles. The van der Waals surface area contributed by atoms with Gasteiger partial charge in [0, 0.05) is 71.9 Å². The monoisotopic (exact) mass is 961 g/mol. The molecular weight excluding hydrogens is 897 g/mol. The number of amides is 4. The zero-order chi connectivity index (χ0) is 49.0. The van der Waals surface area contributed by atoms with Crippen molar-refractivity contribution in [1.29, 1.82) is 0 Å². The fourth-order valence-electron chi connectivity index (χ4n) is 13.0. The van der Waals surface area contributed by atoms with Gasteiger partial charge in [0.25, 0.3) is 11.8 Å². The lowest BCUT2D eigenvalue weighted by Crippen LogP contribution is -2.50. The summed E-state index contributed by atoms with van der Waals surface area (Å²) in [5.74, 6) is 0.276. The number of likely N-dealkylation sites (tertiary alicyclic amines) is 2. The molecule has 12 rings (SSSR count). The molecule has 6 aromatic rings. The molecule has 0 radical (unpaired) electrons. The lowest BCUT2D eigenvalue weighted by molar-refractivity contribution is -0.139. The molecule has 2 unspecified atom stereocenters. The van der Waals surface area contributed by atoms with Crippen molar-refractivity contribution < 1.29 is 19.2 Å². The molecule has 72 heavy (non-hydrogen) atoms. The van der Waals surface area contributed by atoms with Crippen LogP contribution in [-0.2, 0) is 9.59 Å². The third kappa shape index (κ3) is 9.46. The van der Waals surface area contributed by atoms with Crippen molar-refractivity contribution in [2.45, 2.75) is 100 Å². The van der Waals surface area contributed by atoms with E-state index in [9.17, 15) is 19.2 Å². The molecule has 4 fully saturated rings. The Morgan fingerprint density at radius 1 is 0.444 bits per heavy atom. The van der Waals surface area contributed by atoms with E-state index in [0.29, 0.717) is 11.1 Å². The van der Waals surface area contributed by atoms with Crippen molar-refractivity contribution in [2.24, 2.45) is 23.7 Å². The minimum atomic E-state index is -0.194. The average molecular weight is 961 g/mol. The smallest absolute Gasteiger partial charge is 0.251 e. The maximum absolute atomic E-state index is 14.2. The topological polar surface area (TPSA) is 149 Å². The van der Waals surface area contributed by atoms with E-state index >= 15 is 0 Å². The molecule has 2 aromatic heterocycles. The van der Waals surface area contributed by atoms with Crippen LogP contribution in [-0.4, -0.2) is 68.6 Å². The number of benzene rings is 4. The third-order valence-electron chi connectivity index (χ3n) is 16.4. The SMILES string of the molecule is O=C(NC1CCCC[C@@H]1C(=O)N1CC[C@@H]2[C@H](c3ccccn3)Nc3ccccc3[C@@H]21)c1ccccc1.O=C(NC1CCCC[C@@H]1C(=O)N1CC[C@H]2[C@@H](c3ccccn3)Nc3ccccc3[C@H]21)c1ccccc1. The number of carbonyl (C=O) groups excluding carboxylic acids is 4. The second kappa shape index (κ2) is 21.2. The van der Waals surface area contributed by atoms with Crippen molar-refractivity contribution in [3.05, 3.63) is 192 Å². The first-order valence-corrected chi connectivity index (χ1v) is 26.3. The third-order valence-corrected chi connectivity index (χ3v) is 16.4. The highest BCUT2D eigenvalue weighted by atomic mass is 16.2. The first kappa shape index (κ1) is 47.0. The summed E-state index contributed by atoms with van der Waals surface area (Å²) in [6, 6.07) is 47.2. The Balaban J connectivity index is 0.000000156. The highest BCUT2D eigenvalue weighted by Gasteiger charge is 2.50. The maximum atomic E-state index is 14.2. The van der Waals surface area contributed by atoms with Crippen molar-refractivity contribution >= 4 is 35.0 Å². The molecule has 12 nitrogen and oxygen atoms in total. The molecule has 6 heterocycles. The van der Waals surface area contributed by atoms with Crippen molar-refractivity contribution in [3.8, 4) is 0 Å². The summed E-state index contributed by atoms with van der Waals surface area (Å²) in [5, 5.41) is 13.9. The van der Waals surface area contributed by atoms with Gasteiger partial charge >= 0.3 is 0 Å². The molecule has 4 N–H and O–H groups in total. The number of pyridine rings is 2. The fourth-order valence-corrected chi connectivity index (χ4v) is 13.0. The van der Waals surface area contributed by atoms with Gasteiger partial charge in [0.2, 0.25) is 11.8 Å². The largest absolute Gasteiger partial charge is 0.376 e. The Morgan fingerprint density at radius 3 is 1.25 bits per heavy atom. The van der Waals surface area contributed by atoms with Gasteiger partial charge in [-0.2, -0.15) is 0 Å². The predicted octanol–water partition coefficient (Wildman–Crippen LogP) is 10.3. The van der Waals surface area contributed by atoms with Crippen LogP contribution in [0.3, 0.4) is 0 Å². The number of hydrogen-bond acceptors (Lipinski definition) is 8. The van der Waals surface area contributed by atoms with E-state index in [1.54, 1.807) is 0 Å². The van der Waals surface area contributed by atoms with Gasteiger partial charge in [-0.15, -0.1) is 0 Å². The normalized spacial score (nSPS) is 26.9. The Bertz CT molecular complexity index is 2660. The minimum Gasteiger partial charge on any atom is -0.376 e. The quantitative estimate of drug-likeness (QED) is 0.118. The van der Waals surface area contributed by atoms with Crippen molar-refractivity contribution in [2.75, 3.05) is 23.7 Å². The molecule has 2 saturated heterocycles. The Hall–Kier alpha value is -7.34. The van der Waals surface area contributed by atoms with Gasteiger partial charge < -0.3 is 31.1 Å². The first-order valence-electron chi connectivity index (χ1n) is 26.3. The van der Waals surface area contributed by atoms with Crippen LogP contribution in [0.2, 0.25) is 0 Å². The molecular formula is C60H64N8O4. The zero-order valence-electron chi connectivity index (χ0n) is 40.7. The summed E-state index contributed by atoms with van der Waals surface area (Å²) >= 11 is 0. The van der Waals surface area contributed by atoms with E-state index in [1.165, 1.54) is 11.1 Å². The number of aromatic nitrogens is 2. The van der Waals surface area contributed by atoms with Crippen molar-refractivity contribution in [3.63, 3.8) is 0 Å². The van der Waals surface area contributed by atoms with Crippen LogP contribution in [0.5, 0.6) is 0 Å². The van der Waals surface area contributed by atoms with E-state index < -0.39 is 0 Å². The maximum Gasteiger partial charge on any atom is 0.251 e. The number of rotatable bonds is 8. The van der Waals surface area contributed by atoms with Crippen LogP contribution >= 0.6 is 0 Å². The number of nitrogens with one attached hydrogen (secondary N) is 4. The number of carbonyl (C=O) groups is 4. The van der Waals surface area contributed by atoms with E-state index in [1.807, 2.05) is 109 Å². The molecule has 10 atom stereocenters. The number of hydrogen-bond donors (Lipinski definition) is 4. The van der Waals surface area contributed by atoms with Crippen LogP contribution < -0.4 is 21.3 Å². The van der Waals surface area contributed by atoms with Crippen molar-refractivity contribution in [1.82, 2.24) is 30.4 Å². The molecule has 4 aliphatic heterocycles. The van der Waals surface area contributed by atoms with E-state index in [-0.39, 0.29) is 83.6 Å². The molecule has 6 aliphatic rings. The second-order valence-electron chi connectivity index (χ2n) is 20.5. The number of para-hydroxylation sites is 2. The lowest BCUT2D eigenvalue weighted by atomic mass is 9.80. The van der Waals surface area contributed by atoms with E-state index in [0.717, 1.165) is 100 Å². The van der Waals surface area contributed by atoms with Gasteiger partial charge in [0.1, 0.15) is 0 Å². The molecule has 2 saturated carbocycles. The summed E-state index contributed by atoms with van der Waals surface area (Å²) in [7, 11) is 0. The standard InChI is InChI=1S/2C30H32N4O2/c2*35-29(20-10-2-1-3-11-20)33-25-15-7-5-13-22(25)30(36)34-19-17-23-27(26-16-8-9-18-31-26)32-24-14-6-4-12-21(24)28(23)34/h2*1-4,6,8-12,14,16,18,22-23,25,27-28,32H,5,7,13,15,17,19H2,(H,33,35)/t22-,23+,25?,27+,28-;22-,23-,25?,27-,28+/m00/s1. The van der Waals surface area contributed by atoms with Crippen LogP contribution in [0.15, 0.2) is 158 Å². The zero-order valence-corrected chi connectivity index (χ0v) is 40.7. The first-order chi connectivity index (χ1) is 35.4. The minimum absolute atomic E-state index is 0.00866. The van der Waals surface area contributed by atoms with E-state index in [4.69, 9.17) is 0 Å². The number of fused-ring (bicyclic) bond motifs is 6. The summed E-state index contributed by atoms with van der Waals surface area (Å²) in [6.45, 7) is 1.45. The summed E-state index contributed by atoms with van der Waals surface area (Å²) < 4.78 is 0. The predicted molar refractivity (Wildman–Crippen MR) is 279 cm³/mol. The van der Waals surface area contributed by atoms with Gasteiger partial charge in [-0.3, -0.25) is 29.1 Å². The fraction of sp³-hybridized carbons (Fsp3) is 0.367. The molecule has 0 spiro atoms. The molecule has 12 heteroatoms. The molecule has 4 aromatic carbocycles.